The summed E-state index contributed by atoms with van der Waals surface area (Å²) >= 11 is 0. The smallest absolute Gasteiger partial charge is 0.0652 e. The Bertz CT molecular complexity index is 557. The van der Waals surface area contributed by atoms with Crippen molar-refractivity contribution in [3.63, 3.8) is 0 Å². The topological polar surface area (TPSA) is 0 Å². The van der Waals surface area contributed by atoms with Crippen LogP contribution in [0.5, 0.6) is 0 Å². The van der Waals surface area contributed by atoms with Crippen molar-refractivity contribution >= 4 is 7.26 Å². The maximum atomic E-state index is 2.37. The molecule has 0 unspecified atom stereocenters. The van der Waals surface area contributed by atoms with E-state index >= 15 is 0 Å². The quantitative estimate of drug-likeness (QED) is 0.430. The molecule has 1 aliphatic rings. The Kier molecular flexibility index (Phi) is 7.12. The molecule has 2 aromatic rings. The second-order valence-corrected chi connectivity index (χ2v) is 12.1. The fourth-order valence-electron chi connectivity index (χ4n) is 4.65. The van der Waals surface area contributed by atoms with Crippen LogP contribution in [-0.2, 0) is 12.3 Å². The van der Waals surface area contributed by atoms with Gasteiger partial charge in [0.05, 0.1) is 24.1 Å². The molecule has 0 amide bonds. The van der Waals surface area contributed by atoms with E-state index in [0.717, 1.165) is 5.66 Å². The predicted molar refractivity (Wildman–Crippen MR) is 114 cm³/mol. The second kappa shape index (κ2) is 9.54. The van der Waals surface area contributed by atoms with E-state index in [-0.39, 0.29) is 0 Å². The zero-order valence-corrected chi connectivity index (χ0v) is 16.8. The lowest BCUT2D eigenvalue weighted by molar-refractivity contribution is 0.505. The van der Waals surface area contributed by atoms with E-state index in [9.17, 15) is 0 Å². The molecule has 0 spiro atoms. The molecule has 134 valence electrons. The van der Waals surface area contributed by atoms with E-state index in [1.807, 2.05) is 0 Å². The van der Waals surface area contributed by atoms with Crippen molar-refractivity contribution < 1.29 is 0 Å². The van der Waals surface area contributed by atoms with Crippen LogP contribution in [-0.4, -0.2) is 11.8 Å². The molecule has 0 saturated heterocycles. The number of unbranched alkanes of at least 4 members (excludes halogenated alkanes) is 1. The van der Waals surface area contributed by atoms with Crippen molar-refractivity contribution in [3.05, 3.63) is 71.8 Å². The summed E-state index contributed by atoms with van der Waals surface area (Å²) in [5.41, 5.74) is 4.15. The summed E-state index contributed by atoms with van der Waals surface area (Å²) in [4.78, 5) is 0. The number of hydrogen-bond acceptors (Lipinski definition) is 0. The minimum Gasteiger partial charge on any atom is -0.0652 e. The molecule has 2 aromatic carbocycles. The zero-order valence-electron chi connectivity index (χ0n) is 15.9. The van der Waals surface area contributed by atoms with Crippen LogP contribution >= 0.6 is 7.26 Å². The van der Waals surface area contributed by atoms with Crippen LogP contribution in [0.3, 0.4) is 0 Å². The first-order valence-electron chi connectivity index (χ1n) is 10.3. The largest absolute Gasteiger partial charge is 0.0848 e. The van der Waals surface area contributed by atoms with Crippen LogP contribution in [0, 0.1) is 0 Å². The highest BCUT2D eigenvalue weighted by Crippen LogP contribution is 2.70. The second-order valence-electron chi connectivity index (χ2n) is 7.87. The molecule has 3 rings (SSSR count). The molecule has 1 aliphatic carbocycles. The Labute approximate surface area is 155 Å². The Morgan fingerprint density at radius 1 is 0.760 bits per heavy atom. The van der Waals surface area contributed by atoms with Crippen molar-refractivity contribution in [2.45, 2.75) is 69.9 Å². The highest BCUT2D eigenvalue weighted by Gasteiger charge is 2.45. The summed E-state index contributed by atoms with van der Waals surface area (Å²) in [5, 5.41) is 0. The van der Waals surface area contributed by atoms with Crippen molar-refractivity contribution in [1.82, 2.24) is 0 Å². The third-order valence-electron chi connectivity index (χ3n) is 5.99. The van der Waals surface area contributed by atoms with Crippen LogP contribution in [0.2, 0.25) is 0 Å². The molecule has 1 saturated carbocycles. The van der Waals surface area contributed by atoms with Crippen LogP contribution < -0.4 is 0 Å². The lowest BCUT2D eigenvalue weighted by Crippen LogP contribution is -2.23. The van der Waals surface area contributed by atoms with Gasteiger partial charge in [-0.25, -0.2) is 0 Å². The van der Waals surface area contributed by atoms with Gasteiger partial charge in [0.1, 0.15) is 0 Å². The van der Waals surface area contributed by atoms with Gasteiger partial charge in [-0.2, -0.15) is 0 Å². The van der Waals surface area contributed by atoms with E-state index in [1.54, 1.807) is 11.1 Å². The average Bonchev–Trinajstić information content (AvgIpc) is 2.68. The Balaban J connectivity index is 1.92. The SMILES string of the molecule is CCCC[P+](Cc1ccccc1)(Cc1ccccc1)C1CCCCC1. The van der Waals surface area contributed by atoms with Gasteiger partial charge in [0, 0.05) is 7.26 Å². The van der Waals surface area contributed by atoms with E-state index in [0.29, 0.717) is 0 Å². The van der Waals surface area contributed by atoms with Gasteiger partial charge in [-0.3, -0.25) is 0 Å². The van der Waals surface area contributed by atoms with Gasteiger partial charge in [0.15, 0.2) is 0 Å². The summed E-state index contributed by atoms with van der Waals surface area (Å²) in [5.74, 6) is 0. The molecular weight excluding hydrogens is 319 g/mol. The fraction of sp³-hybridized carbons (Fsp3) is 0.500. The summed E-state index contributed by atoms with van der Waals surface area (Å²) in [6, 6.07) is 22.7. The molecule has 1 heteroatoms. The first-order valence-corrected chi connectivity index (χ1v) is 12.7. The molecule has 0 aromatic heterocycles. The monoisotopic (exact) mass is 353 g/mol. The van der Waals surface area contributed by atoms with E-state index < -0.39 is 7.26 Å². The fourth-order valence-corrected chi connectivity index (χ4v) is 10.2. The Morgan fingerprint density at radius 2 is 1.28 bits per heavy atom. The summed E-state index contributed by atoms with van der Waals surface area (Å²) < 4.78 is 0. The number of hydrogen-bond donors (Lipinski definition) is 0. The highest BCUT2D eigenvalue weighted by molar-refractivity contribution is 7.75. The molecule has 0 aliphatic heterocycles. The van der Waals surface area contributed by atoms with Crippen LogP contribution in [0.1, 0.15) is 63.0 Å². The third-order valence-corrected chi connectivity index (χ3v) is 11.2. The van der Waals surface area contributed by atoms with Crippen LogP contribution in [0.4, 0.5) is 0 Å². The summed E-state index contributed by atoms with van der Waals surface area (Å²) in [7, 11) is -1.03. The molecule has 25 heavy (non-hydrogen) atoms. The molecule has 1 fully saturated rings. The Morgan fingerprint density at radius 3 is 1.76 bits per heavy atom. The molecule has 0 nitrogen and oxygen atoms in total. The summed E-state index contributed by atoms with van der Waals surface area (Å²) in [6.07, 6.45) is 14.3. The summed E-state index contributed by atoms with van der Waals surface area (Å²) in [6.45, 7) is 2.36. The maximum Gasteiger partial charge on any atom is 0.0848 e. The first-order chi connectivity index (χ1) is 12.3. The average molecular weight is 354 g/mol. The zero-order chi connectivity index (χ0) is 17.4. The number of rotatable bonds is 8. The van der Waals surface area contributed by atoms with Crippen LogP contribution in [0.15, 0.2) is 60.7 Å². The van der Waals surface area contributed by atoms with Crippen molar-refractivity contribution in [2.75, 3.05) is 6.16 Å². The minimum absolute atomic E-state index is 0.994. The third kappa shape index (κ3) is 5.18. The van der Waals surface area contributed by atoms with Crippen LogP contribution in [0.25, 0.3) is 0 Å². The molecule has 0 bridgehead atoms. The van der Waals surface area contributed by atoms with E-state index in [1.165, 1.54) is 63.4 Å². The van der Waals surface area contributed by atoms with E-state index in [2.05, 4.69) is 67.6 Å². The standard InChI is InChI=1S/C24H34P/c1-2-3-19-25(24-17-11-6-12-18-24,20-22-13-7-4-8-14-22)21-23-15-9-5-10-16-23/h4-5,7-10,13-16,24H,2-3,6,11-12,17-21H2,1H3/q+1. The first kappa shape index (κ1) is 18.7. The van der Waals surface area contributed by atoms with Gasteiger partial charge in [-0.15, -0.1) is 0 Å². The lowest BCUT2D eigenvalue weighted by Gasteiger charge is -2.37. The molecular formula is C24H34P+. The molecule has 0 heterocycles. The Hall–Kier alpha value is -1.13. The number of benzene rings is 2. The van der Waals surface area contributed by atoms with Gasteiger partial charge in [0.2, 0.25) is 0 Å². The van der Waals surface area contributed by atoms with Crippen molar-refractivity contribution in [1.29, 1.82) is 0 Å². The van der Waals surface area contributed by atoms with Gasteiger partial charge >= 0.3 is 0 Å². The molecule has 0 atom stereocenters. The van der Waals surface area contributed by atoms with Gasteiger partial charge in [0.25, 0.3) is 0 Å². The maximum absolute atomic E-state index is 2.37. The van der Waals surface area contributed by atoms with Gasteiger partial charge in [-0.05, 0) is 43.2 Å². The van der Waals surface area contributed by atoms with E-state index in [4.69, 9.17) is 0 Å². The van der Waals surface area contributed by atoms with Crippen molar-refractivity contribution in [2.24, 2.45) is 0 Å². The van der Waals surface area contributed by atoms with Gasteiger partial charge in [-0.1, -0.05) is 80.4 Å². The highest BCUT2D eigenvalue weighted by atomic mass is 31.2. The molecule has 0 N–H and O–H groups in total. The normalized spacial score (nSPS) is 16.0. The lowest BCUT2D eigenvalue weighted by atomic mass is 10.0. The predicted octanol–water partition coefficient (Wildman–Crippen LogP) is 7.54. The van der Waals surface area contributed by atoms with Crippen molar-refractivity contribution in [3.8, 4) is 0 Å². The van der Waals surface area contributed by atoms with Gasteiger partial charge < -0.3 is 0 Å². The molecule has 0 radical (unpaired) electrons. The minimum atomic E-state index is -1.03.